The van der Waals surface area contributed by atoms with Crippen LogP contribution in [0.3, 0.4) is 0 Å². The largest absolute Gasteiger partial charge is 0.353 e. The molecular weight excluding hydrogens is 440 g/mol. The minimum atomic E-state index is -2.76. The molecule has 176 valence electrons. The fraction of sp³-hybridized carbons (Fsp3) is 0.333. The lowest BCUT2D eigenvalue weighted by Gasteiger charge is -2.14. The number of halogens is 2. The van der Waals surface area contributed by atoms with E-state index in [9.17, 15) is 13.6 Å². The van der Waals surface area contributed by atoms with E-state index in [1.54, 1.807) is 6.07 Å². The SMILES string of the molecule is CCc1cc(-c2cnn(C)c2C)ccc1Nc1cc(NC(=O)C2CC2)nc2[nH]c(C(F)F)nc12. The van der Waals surface area contributed by atoms with Crippen LogP contribution >= 0.6 is 0 Å². The molecule has 4 aromatic rings. The van der Waals surface area contributed by atoms with Crippen LogP contribution in [-0.4, -0.2) is 30.6 Å². The van der Waals surface area contributed by atoms with Gasteiger partial charge in [0.2, 0.25) is 5.91 Å². The number of pyridine rings is 1. The van der Waals surface area contributed by atoms with Crippen molar-refractivity contribution in [3.05, 3.63) is 47.5 Å². The number of alkyl halides is 2. The highest BCUT2D eigenvalue weighted by Crippen LogP contribution is 2.34. The van der Waals surface area contributed by atoms with E-state index in [0.29, 0.717) is 5.69 Å². The maximum absolute atomic E-state index is 13.3. The van der Waals surface area contributed by atoms with Crippen molar-refractivity contribution in [2.24, 2.45) is 13.0 Å². The molecule has 5 rings (SSSR count). The van der Waals surface area contributed by atoms with Crippen LogP contribution in [0.25, 0.3) is 22.3 Å². The van der Waals surface area contributed by atoms with Crippen molar-refractivity contribution in [2.75, 3.05) is 10.6 Å². The summed E-state index contributed by atoms with van der Waals surface area (Å²) in [5.41, 5.74) is 5.98. The minimum absolute atomic E-state index is 0.0116. The van der Waals surface area contributed by atoms with Crippen LogP contribution in [0.5, 0.6) is 0 Å². The summed E-state index contributed by atoms with van der Waals surface area (Å²) in [6, 6.07) is 7.68. The number of hydrogen-bond donors (Lipinski definition) is 3. The summed E-state index contributed by atoms with van der Waals surface area (Å²) in [6.07, 6.45) is 1.52. The molecule has 1 fully saturated rings. The molecule has 0 unspecified atom stereocenters. The summed E-state index contributed by atoms with van der Waals surface area (Å²) < 4.78 is 28.5. The van der Waals surface area contributed by atoms with E-state index in [4.69, 9.17) is 0 Å². The molecule has 0 aliphatic heterocycles. The Balaban J connectivity index is 1.53. The van der Waals surface area contributed by atoms with Gasteiger partial charge in [0, 0.05) is 36.0 Å². The number of H-pyrrole nitrogens is 1. The van der Waals surface area contributed by atoms with Crippen molar-refractivity contribution in [3.8, 4) is 11.1 Å². The predicted octanol–water partition coefficient (Wildman–Crippen LogP) is 5.26. The Hall–Kier alpha value is -3.82. The van der Waals surface area contributed by atoms with Gasteiger partial charge in [-0.05, 0) is 49.4 Å². The Morgan fingerprint density at radius 3 is 2.68 bits per heavy atom. The average Bonchev–Trinajstić information content (AvgIpc) is 3.50. The van der Waals surface area contributed by atoms with E-state index >= 15 is 0 Å². The molecule has 34 heavy (non-hydrogen) atoms. The number of aromatic nitrogens is 5. The van der Waals surface area contributed by atoms with Gasteiger partial charge in [-0.2, -0.15) is 5.10 Å². The predicted molar refractivity (Wildman–Crippen MR) is 126 cm³/mol. The Morgan fingerprint density at radius 2 is 2.03 bits per heavy atom. The first kappa shape index (κ1) is 22.0. The van der Waals surface area contributed by atoms with Gasteiger partial charge in [-0.1, -0.05) is 13.0 Å². The number of imidazole rings is 1. The Kier molecular flexibility index (Phi) is 5.51. The van der Waals surface area contributed by atoms with E-state index in [1.807, 2.05) is 43.9 Å². The summed E-state index contributed by atoms with van der Waals surface area (Å²) in [6.45, 7) is 4.07. The number of benzene rings is 1. The summed E-state index contributed by atoms with van der Waals surface area (Å²) in [5.74, 6) is -0.300. The first-order chi connectivity index (χ1) is 16.3. The molecule has 0 spiro atoms. The smallest absolute Gasteiger partial charge is 0.295 e. The first-order valence-electron chi connectivity index (χ1n) is 11.2. The van der Waals surface area contributed by atoms with Gasteiger partial charge in [-0.25, -0.2) is 18.7 Å². The number of nitrogens with one attached hydrogen (secondary N) is 3. The van der Waals surface area contributed by atoms with Crippen LogP contribution in [0, 0.1) is 12.8 Å². The van der Waals surface area contributed by atoms with Gasteiger partial charge in [0.15, 0.2) is 11.5 Å². The van der Waals surface area contributed by atoms with Gasteiger partial charge in [-0.15, -0.1) is 0 Å². The molecule has 3 aromatic heterocycles. The van der Waals surface area contributed by atoms with Gasteiger partial charge in [0.25, 0.3) is 6.43 Å². The van der Waals surface area contributed by atoms with Crippen LogP contribution in [0.15, 0.2) is 30.5 Å². The molecule has 0 radical (unpaired) electrons. The Labute approximate surface area is 194 Å². The van der Waals surface area contributed by atoms with Gasteiger partial charge in [-0.3, -0.25) is 9.48 Å². The van der Waals surface area contributed by atoms with Gasteiger partial charge >= 0.3 is 0 Å². The van der Waals surface area contributed by atoms with Crippen LogP contribution in [0.2, 0.25) is 0 Å². The summed E-state index contributed by atoms with van der Waals surface area (Å²) in [4.78, 5) is 23.2. The second-order valence-electron chi connectivity index (χ2n) is 8.56. The van der Waals surface area contributed by atoms with Gasteiger partial charge < -0.3 is 15.6 Å². The molecule has 3 heterocycles. The van der Waals surface area contributed by atoms with E-state index in [2.05, 4.69) is 36.8 Å². The standard InChI is InChI=1S/C24H25F2N7O/c1-4-13-9-15(16-11-27-33(3)12(16)2)7-8-17(13)28-18-10-19(30-24(34)14-5-6-14)29-22-20(18)31-23(32-22)21(25)26/h7-11,14,21H,4-6H2,1-3H3,(H3,28,29,30,31,32,34). The number of fused-ring (bicyclic) bond motifs is 1. The number of aryl methyl sites for hydroxylation is 2. The number of aromatic amines is 1. The van der Waals surface area contributed by atoms with Crippen molar-refractivity contribution < 1.29 is 13.6 Å². The van der Waals surface area contributed by atoms with Crippen molar-refractivity contribution in [1.82, 2.24) is 24.7 Å². The van der Waals surface area contributed by atoms with Gasteiger partial charge in [0.05, 0.1) is 11.9 Å². The molecule has 8 nitrogen and oxygen atoms in total. The van der Waals surface area contributed by atoms with Crippen molar-refractivity contribution in [3.63, 3.8) is 0 Å². The number of hydrogen-bond acceptors (Lipinski definition) is 5. The molecular formula is C24H25F2N7O. The number of anilines is 3. The zero-order valence-corrected chi connectivity index (χ0v) is 19.1. The van der Waals surface area contributed by atoms with E-state index in [-0.39, 0.29) is 28.8 Å². The third-order valence-corrected chi connectivity index (χ3v) is 6.18. The summed E-state index contributed by atoms with van der Waals surface area (Å²) in [7, 11) is 1.90. The fourth-order valence-corrected chi connectivity index (χ4v) is 3.95. The molecule has 10 heteroatoms. The molecule has 1 aliphatic carbocycles. The maximum atomic E-state index is 13.3. The number of amides is 1. The van der Waals surface area contributed by atoms with Crippen LogP contribution in [0.4, 0.5) is 26.0 Å². The fourth-order valence-electron chi connectivity index (χ4n) is 3.95. The maximum Gasteiger partial charge on any atom is 0.295 e. The van der Waals surface area contributed by atoms with Crippen LogP contribution < -0.4 is 10.6 Å². The minimum Gasteiger partial charge on any atom is -0.353 e. The van der Waals surface area contributed by atoms with Crippen LogP contribution in [0.1, 0.15) is 43.3 Å². The third-order valence-electron chi connectivity index (χ3n) is 6.18. The zero-order valence-electron chi connectivity index (χ0n) is 19.1. The highest BCUT2D eigenvalue weighted by molar-refractivity contribution is 5.97. The quantitative estimate of drug-likeness (QED) is 0.346. The summed E-state index contributed by atoms with van der Waals surface area (Å²) in [5, 5.41) is 10.5. The van der Waals surface area contributed by atoms with E-state index in [1.165, 1.54) is 0 Å². The summed E-state index contributed by atoms with van der Waals surface area (Å²) >= 11 is 0. The van der Waals surface area contributed by atoms with Crippen molar-refractivity contribution >= 4 is 34.3 Å². The topological polar surface area (TPSA) is 101 Å². The highest BCUT2D eigenvalue weighted by Gasteiger charge is 2.30. The van der Waals surface area contributed by atoms with E-state index in [0.717, 1.165) is 47.3 Å². The van der Waals surface area contributed by atoms with Crippen LogP contribution in [-0.2, 0) is 18.3 Å². The lowest BCUT2D eigenvalue weighted by molar-refractivity contribution is -0.117. The molecule has 1 aliphatic rings. The Bertz CT molecular complexity index is 1390. The lowest BCUT2D eigenvalue weighted by atomic mass is 10.0. The second-order valence-corrected chi connectivity index (χ2v) is 8.56. The lowest BCUT2D eigenvalue weighted by Crippen LogP contribution is -2.14. The molecule has 0 saturated heterocycles. The van der Waals surface area contributed by atoms with E-state index < -0.39 is 12.2 Å². The van der Waals surface area contributed by atoms with Crippen molar-refractivity contribution in [2.45, 2.75) is 39.5 Å². The molecule has 0 bridgehead atoms. The zero-order chi connectivity index (χ0) is 24.0. The monoisotopic (exact) mass is 465 g/mol. The highest BCUT2D eigenvalue weighted by atomic mass is 19.3. The number of carbonyl (C=O) groups is 1. The second kappa shape index (κ2) is 8.51. The number of nitrogens with zero attached hydrogens (tertiary/aromatic N) is 4. The molecule has 3 N–H and O–H groups in total. The molecule has 1 aromatic carbocycles. The normalized spacial score (nSPS) is 13.6. The first-order valence-corrected chi connectivity index (χ1v) is 11.2. The molecule has 0 atom stereocenters. The molecule has 1 amide bonds. The van der Waals surface area contributed by atoms with Crippen molar-refractivity contribution in [1.29, 1.82) is 0 Å². The number of carbonyl (C=O) groups excluding carboxylic acids is 1. The third kappa shape index (κ3) is 4.11. The Morgan fingerprint density at radius 1 is 1.24 bits per heavy atom. The molecule has 1 saturated carbocycles. The number of rotatable bonds is 7. The van der Waals surface area contributed by atoms with Gasteiger partial charge in [0.1, 0.15) is 11.3 Å². The average molecular weight is 466 g/mol.